The van der Waals surface area contributed by atoms with Crippen molar-refractivity contribution in [3.05, 3.63) is 47.8 Å². The Morgan fingerprint density at radius 3 is 2.79 bits per heavy atom. The molecule has 0 bridgehead atoms. The fraction of sp³-hybridized carbons (Fsp3) is 0.167. The number of benzene rings is 2. The van der Waals surface area contributed by atoms with Gasteiger partial charge >= 0.3 is 0 Å². The van der Waals surface area contributed by atoms with Gasteiger partial charge in [-0.15, -0.1) is 0 Å². The number of hydrogen-bond donors (Lipinski definition) is 1. The van der Waals surface area contributed by atoms with E-state index in [-0.39, 0.29) is 12.4 Å². The zero-order valence-corrected chi connectivity index (χ0v) is 7.70. The highest BCUT2D eigenvalue weighted by atomic mass is 19.1. The van der Waals surface area contributed by atoms with Crippen LogP contribution >= 0.6 is 0 Å². The average Bonchev–Trinajstić information content (AvgIpc) is 2.18. The number of hydrogen-bond acceptors (Lipinski definition) is 1. The van der Waals surface area contributed by atoms with Gasteiger partial charge in [-0.1, -0.05) is 30.3 Å². The van der Waals surface area contributed by atoms with Crippen molar-refractivity contribution in [1.82, 2.24) is 0 Å². The SMILES string of the molecule is OCCc1ccc2c(F)cccc2c1. The standard InChI is InChI=1S/C12H11FO/c13-12-3-1-2-10-8-9(6-7-14)4-5-11(10)12/h1-5,8,14H,6-7H2. The van der Waals surface area contributed by atoms with Gasteiger partial charge in [-0.2, -0.15) is 0 Å². The highest BCUT2D eigenvalue weighted by Gasteiger charge is 2.00. The monoisotopic (exact) mass is 190 g/mol. The van der Waals surface area contributed by atoms with Crippen LogP contribution in [0, 0.1) is 5.82 Å². The van der Waals surface area contributed by atoms with Crippen LogP contribution in [-0.2, 0) is 6.42 Å². The van der Waals surface area contributed by atoms with Crippen molar-refractivity contribution < 1.29 is 9.50 Å². The molecule has 1 N–H and O–H groups in total. The first kappa shape index (κ1) is 9.16. The Morgan fingerprint density at radius 2 is 2.00 bits per heavy atom. The minimum absolute atomic E-state index is 0.126. The van der Waals surface area contributed by atoms with Gasteiger partial charge in [0.25, 0.3) is 0 Å². The summed E-state index contributed by atoms with van der Waals surface area (Å²) in [7, 11) is 0. The first-order valence-corrected chi connectivity index (χ1v) is 4.59. The van der Waals surface area contributed by atoms with Gasteiger partial charge in [-0.25, -0.2) is 4.39 Å². The lowest BCUT2D eigenvalue weighted by Gasteiger charge is -2.02. The molecule has 0 fully saturated rings. The Balaban J connectivity index is 2.56. The summed E-state index contributed by atoms with van der Waals surface area (Å²) < 4.78 is 13.3. The maximum Gasteiger partial charge on any atom is 0.131 e. The summed E-state index contributed by atoms with van der Waals surface area (Å²) in [6.45, 7) is 0.126. The molecule has 0 amide bonds. The van der Waals surface area contributed by atoms with Crippen molar-refractivity contribution in [2.45, 2.75) is 6.42 Å². The molecule has 2 heteroatoms. The highest BCUT2D eigenvalue weighted by Crippen LogP contribution is 2.19. The molecule has 1 nitrogen and oxygen atoms in total. The van der Waals surface area contributed by atoms with E-state index in [1.54, 1.807) is 12.1 Å². The molecule has 0 radical (unpaired) electrons. The molecule has 2 rings (SSSR count). The van der Waals surface area contributed by atoms with E-state index in [9.17, 15) is 4.39 Å². The van der Waals surface area contributed by atoms with Crippen molar-refractivity contribution in [3.8, 4) is 0 Å². The highest BCUT2D eigenvalue weighted by molar-refractivity contribution is 5.83. The lowest BCUT2D eigenvalue weighted by atomic mass is 10.1. The summed E-state index contributed by atoms with van der Waals surface area (Å²) in [5.41, 5.74) is 1.03. The third kappa shape index (κ3) is 1.61. The molecule has 0 heterocycles. The van der Waals surface area contributed by atoms with E-state index >= 15 is 0 Å². The number of rotatable bonds is 2. The van der Waals surface area contributed by atoms with Crippen molar-refractivity contribution in [2.24, 2.45) is 0 Å². The second-order valence-electron chi connectivity index (χ2n) is 3.27. The van der Waals surface area contributed by atoms with Gasteiger partial charge in [0.05, 0.1) is 0 Å². The fourth-order valence-corrected chi connectivity index (χ4v) is 1.58. The Labute approximate surface area is 81.8 Å². The van der Waals surface area contributed by atoms with Crippen LogP contribution < -0.4 is 0 Å². The molecule has 0 aliphatic rings. The zero-order valence-electron chi connectivity index (χ0n) is 7.70. The van der Waals surface area contributed by atoms with E-state index in [1.165, 1.54) is 6.07 Å². The van der Waals surface area contributed by atoms with Gasteiger partial charge in [0, 0.05) is 12.0 Å². The van der Waals surface area contributed by atoms with Crippen LogP contribution in [0.1, 0.15) is 5.56 Å². The summed E-state index contributed by atoms with van der Waals surface area (Å²) in [4.78, 5) is 0. The predicted molar refractivity (Wildman–Crippen MR) is 54.7 cm³/mol. The third-order valence-electron chi connectivity index (χ3n) is 2.29. The van der Waals surface area contributed by atoms with Crippen LogP contribution in [0.2, 0.25) is 0 Å². The molecule has 0 aliphatic carbocycles. The molecular weight excluding hydrogens is 179 g/mol. The van der Waals surface area contributed by atoms with Crippen LogP contribution in [0.4, 0.5) is 4.39 Å². The normalized spacial score (nSPS) is 10.7. The van der Waals surface area contributed by atoms with Crippen LogP contribution in [0.25, 0.3) is 10.8 Å². The molecule has 0 unspecified atom stereocenters. The van der Waals surface area contributed by atoms with Gasteiger partial charge in [0.15, 0.2) is 0 Å². The first-order chi connectivity index (χ1) is 6.81. The largest absolute Gasteiger partial charge is 0.396 e. The summed E-state index contributed by atoms with van der Waals surface area (Å²) in [6, 6.07) is 10.5. The number of halogens is 1. The molecule has 0 spiro atoms. The summed E-state index contributed by atoms with van der Waals surface area (Å²) in [5.74, 6) is -0.196. The van der Waals surface area contributed by atoms with Crippen LogP contribution in [-0.4, -0.2) is 11.7 Å². The van der Waals surface area contributed by atoms with Gasteiger partial charge in [0.2, 0.25) is 0 Å². The van der Waals surface area contributed by atoms with E-state index in [2.05, 4.69) is 0 Å². The first-order valence-electron chi connectivity index (χ1n) is 4.59. The Kier molecular flexibility index (Phi) is 2.46. The fourth-order valence-electron chi connectivity index (χ4n) is 1.58. The number of aliphatic hydroxyl groups is 1. The molecule has 0 aliphatic heterocycles. The van der Waals surface area contributed by atoms with E-state index in [1.807, 2.05) is 18.2 Å². The Morgan fingerprint density at radius 1 is 1.14 bits per heavy atom. The third-order valence-corrected chi connectivity index (χ3v) is 2.29. The van der Waals surface area contributed by atoms with Crippen molar-refractivity contribution in [1.29, 1.82) is 0 Å². The van der Waals surface area contributed by atoms with E-state index in [4.69, 9.17) is 5.11 Å². The van der Waals surface area contributed by atoms with E-state index < -0.39 is 0 Å². The van der Waals surface area contributed by atoms with Crippen LogP contribution in [0.15, 0.2) is 36.4 Å². The second kappa shape index (κ2) is 3.76. The van der Waals surface area contributed by atoms with Gasteiger partial charge in [0.1, 0.15) is 5.82 Å². The predicted octanol–water partition coefficient (Wildman–Crippen LogP) is 2.51. The molecule has 72 valence electrons. The summed E-state index contributed by atoms with van der Waals surface area (Å²) >= 11 is 0. The van der Waals surface area contributed by atoms with Crippen molar-refractivity contribution in [3.63, 3.8) is 0 Å². The smallest absolute Gasteiger partial charge is 0.131 e. The lowest BCUT2D eigenvalue weighted by Crippen LogP contribution is -1.90. The Bertz CT molecular complexity index is 451. The minimum atomic E-state index is -0.196. The van der Waals surface area contributed by atoms with Gasteiger partial charge in [-0.05, 0) is 23.4 Å². The Hall–Kier alpha value is -1.41. The maximum absolute atomic E-state index is 13.3. The molecule has 2 aromatic carbocycles. The van der Waals surface area contributed by atoms with Gasteiger partial charge < -0.3 is 5.11 Å². The van der Waals surface area contributed by atoms with Crippen molar-refractivity contribution >= 4 is 10.8 Å². The maximum atomic E-state index is 13.3. The van der Waals surface area contributed by atoms with E-state index in [0.29, 0.717) is 11.8 Å². The summed E-state index contributed by atoms with van der Waals surface area (Å²) in [5, 5.41) is 10.3. The molecular formula is C12H11FO. The molecule has 0 saturated heterocycles. The molecule has 0 saturated carbocycles. The molecule has 14 heavy (non-hydrogen) atoms. The molecule has 0 aromatic heterocycles. The van der Waals surface area contributed by atoms with Gasteiger partial charge in [-0.3, -0.25) is 0 Å². The number of fused-ring (bicyclic) bond motifs is 1. The molecule has 0 atom stereocenters. The second-order valence-corrected chi connectivity index (χ2v) is 3.27. The topological polar surface area (TPSA) is 20.2 Å². The summed E-state index contributed by atoms with van der Waals surface area (Å²) in [6.07, 6.45) is 0.618. The van der Waals surface area contributed by atoms with Crippen LogP contribution in [0.3, 0.4) is 0 Å². The average molecular weight is 190 g/mol. The zero-order chi connectivity index (χ0) is 9.97. The van der Waals surface area contributed by atoms with Crippen molar-refractivity contribution in [2.75, 3.05) is 6.61 Å². The lowest BCUT2D eigenvalue weighted by molar-refractivity contribution is 0.299. The quantitative estimate of drug-likeness (QED) is 0.771. The van der Waals surface area contributed by atoms with Crippen LogP contribution in [0.5, 0.6) is 0 Å². The van der Waals surface area contributed by atoms with E-state index in [0.717, 1.165) is 10.9 Å². The number of aliphatic hydroxyl groups excluding tert-OH is 1. The minimum Gasteiger partial charge on any atom is -0.396 e. The molecule has 2 aromatic rings.